The Morgan fingerprint density at radius 1 is 1.05 bits per heavy atom. The fourth-order valence-electron chi connectivity index (χ4n) is 2.47. The molecule has 1 aliphatic heterocycles. The van der Waals surface area contributed by atoms with E-state index in [1.165, 1.54) is 0 Å². The van der Waals surface area contributed by atoms with Crippen molar-refractivity contribution in [2.75, 3.05) is 7.05 Å². The first-order chi connectivity index (χ1) is 10.2. The van der Waals surface area contributed by atoms with Gasteiger partial charge in [0.1, 0.15) is 0 Å². The van der Waals surface area contributed by atoms with Crippen molar-refractivity contribution in [2.45, 2.75) is 6.04 Å². The molecule has 0 aromatic heterocycles. The second-order valence-corrected chi connectivity index (χ2v) is 5.82. The van der Waals surface area contributed by atoms with E-state index in [-0.39, 0.29) is 12.1 Å². The van der Waals surface area contributed by atoms with Crippen LogP contribution in [0, 0.1) is 0 Å². The van der Waals surface area contributed by atoms with E-state index < -0.39 is 0 Å². The molecule has 0 bridgehead atoms. The van der Waals surface area contributed by atoms with Crippen LogP contribution in [0.4, 0.5) is 4.79 Å². The van der Waals surface area contributed by atoms with Gasteiger partial charge in [0.25, 0.3) is 0 Å². The van der Waals surface area contributed by atoms with Crippen molar-refractivity contribution in [1.82, 2.24) is 10.2 Å². The van der Waals surface area contributed by atoms with Gasteiger partial charge in [-0.3, -0.25) is 0 Å². The quantitative estimate of drug-likeness (QED) is 0.871. The van der Waals surface area contributed by atoms with Gasteiger partial charge in [-0.25, -0.2) is 4.79 Å². The van der Waals surface area contributed by atoms with Gasteiger partial charge in [-0.1, -0.05) is 64.5 Å². The predicted octanol–water partition coefficient (Wildman–Crippen LogP) is 4.19. The Balaban J connectivity index is 2.11. The molecule has 2 aromatic carbocycles. The molecule has 1 aliphatic rings. The maximum absolute atomic E-state index is 12.0. The van der Waals surface area contributed by atoms with Crippen molar-refractivity contribution in [3.05, 3.63) is 76.4 Å². The van der Waals surface area contributed by atoms with E-state index in [4.69, 9.17) is 0 Å². The standard InChI is InChI=1S/C17H15BrN2O/c1-20-11-14(12-7-3-2-4-8-12)16(19-17(20)21)13-9-5-6-10-15(13)18/h2-11,16H,1H3,(H,19,21). The summed E-state index contributed by atoms with van der Waals surface area (Å²) >= 11 is 3.57. The second kappa shape index (κ2) is 5.74. The largest absolute Gasteiger partial charge is 0.327 e. The molecular weight excluding hydrogens is 328 g/mol. The summed E-state index contributed by atoms with van der Waals surface area (Å²) < 4.78 is 0.988. The molecule has 1 atom stereocenters. The van der Waals surface area contributed by atoms with Gasteiger partial charge in [0.05, 0.1) is 6.04 Å². The lowest BCUT2D eigenvalue weighted by Gasteiger charge is -2.31. The Morgan fingerprint density at radius 2 is 1.71 bits per heavy atom. The van der Waals surface area contributed by atoms with Crippen LogP contribution in [0.3, 0.4) is 0 Å². The molecule has 2 amide bonds. The maximum atomic E-state index is 12.0. The summed E-state index contributed by atoms with van der Waals surface area (Å²) in [6.45, 7) is 0. The highest BCUT2D eigenvalue weighted by Crippen LogP contribution is 2.36. The average Bonchev–Trinajstić information content (AvgIpc) is 2.51. The SMILES string of the molecule is CN1C=C(c2ccccc2)C(c2ccccc2Br)NC1=O. The van der Waals surface area contributed by atoms with E-state index >= 15 is 0 Å². The highest BCUT2D eigenvalue weighted by atomic mass is 79.9. The fourth-order valence-corrected chi connectivity index (χ4v) is 2.98. The van der Waals surface area contributed by atoms with E-state index in [2.05, 4.69) is 33.4 Å². The third-order valence-corrected chi connectivity index (χ3v) is 4.28. The van der Waals surface area contributed by atoms with Crippen LogP contribution < -0.4 is 5.32 Å². The lowest BCUT2D eigenvalue weighted by Crippen LogP contribution is -2.41. The van der Waals surface area contributed by atoms with Crippen LogP contribution >= 0.6 is 15.9 Å². The van der Waals surface area contributed by atoms with Gasteiger partial charge in [0.15, 0.2) is 0 Å². The number of carbonyl (C=O) groups is 1. The van der Waals surface area contributed by atoms with E-state index in [0.29, 0.717) is 0 Å². The Labute approximate surface area is 132 Å². The van der Waals surface area contributed by atoms with Crippen LogP contribution in [-0.2, 0) is 0 Å². The Morgan fingerprint density at radius 3 is 2.43 bits per heavy atom. The smallest absolute Gasteiger partial charge is 0.321 e. The number of nitrogens with zero attached hydrogens (tertiary/aromatic N) is 1. The highest BCUT2D eigenvalue weighted by molar-refractivity contribution is 9.10. The third-order valence-electron chi connectivity index (χ3n) is 3.56. The number of urea groups is 1. The van der Waals surface area contributed by atoms with Crippen molar-refractivity contribution >= 4 is 27.5 Å². The first-order valence-electron chi connectivity index (χ1n) is 6.71. The molecule has 0 fully saturated rings. The monoisotopic (exact) mass is 342 g/mol. The number of nitrogens with one attached hydrogen (secondary N) is 1. The lowest BCUT2D eigenvalue weighted by molar-refractivity contribution is 0.218. The summed E-state index contributed by atoms with van der Waals surface area (Å²) in [7, 11) is 1.76. The minimum Gasteiger partial charge on any atom is -0.327 e. The average molecular weight is 343 g/mol. The van der Waals surface area contributed by atoms with Gasteiger partial charge in [-0.2, -0.15) is 0 Å². The third kappa shape index (κ3) is 2.72. The fraction of sp³-hybridized carbons (Fsp3) is 0.118. The zero-order valence-electron chi connectivity index (χ0n) is 11.6. The van der Waals surface area contributed by atoms with E-state index in [9.17, 15) is 4.79 Å². The molecule has 4 heteroatoms. The number of carbonyl (C=O) groups excluding carboxylic acids is 1. The number of hydrogen-bond acceptors (Lipinski definition) is 1. The predicted molar refractivity (Wildman–Crippen MR) is 87.6 cm³/mol. The topological polar surface area (TPSA) is 32.3 Å². The molecule has 1 N–H and O–H groups in total. The first-order valence-corrected chi connectivity index (χ1v) is 7.51. The van der Waals surface area contributed by atoms with E-state index in [1.807, 2.05) is 48.7 Å². The second-order valence-electron chi connectivity index (χ2n) is 4.97. The molecule has 1 heterocycles. The molecule has 1 unspecified atom stereocenters. The lowest BCUT2D eigenvalue weighted by atomic mass is 9.92. The molecule has 0 aliphatic carbocycles. The van der Waals surface area contributed by atoms with Gasteiger partial charge >= 0.3 is 6.03 Å². The van der Waals surface area contributed by atoms with Crippen molar-refractivity contribution in [3.8, 4) is 0 Å². The maximum Gasteiger partial charge on any atom is 0.321 e. The summed E-state index contributed by atoms with van der Waals surface area (Å²) in [5.74, 6) is 0. The van der Waals surface area contributed by atoms with Crippen LogP contribution in [0.2, 0.25) is 0 Å². The van der Waals surface area contributed by atoms with Crippen molar-refractivity contribution < 1.29 is 4.79 Å². The van der Waals surface area contributed by atoms with Crippen molar-refractivity contribution in [3.63, 3.8) is 0 Å². The van der Waals surface area contributed by atoms with Gasteiger partial charge in [0, 0.05) is 23.3 Å². The summed E-state index contributed by atoms with van der Waals surface area (Å²) in [4.78, 5) is 13.6. The summed E-state index contributed by atoms with van der Waals surface area (Å²) in [5, 5.41) is 3.06. The molecule has 0 saturated heterocycles. The highest BCUT2D eigenvalue weighted by Gasteiger charge is 2.28. The van der Waals surface area contributed by atoms with Crippen LogP contribution in [0.15, 0.2) is 65.3 Å². The zero-order valence-corrected chi connectivity index (χ0v) is 13.2. The molecule has 3 nitrogen and oxygen atoms in total. The van der Waals surface area contributed by atoms with Crippen LogP contribution in [0.25, 0.3) is 5.57 Å². The normalized spacial score (nSPS) is 18.2. The van der Waals surface area contributed by atoms with Gasteiger partial charge < -0.3 is 10.2 Å². The molecule has 0 spiro atoms. The summed E-state index contributed by atoms with van der Waals surface area (Å²) in [6, 6.07) is 17.8. The van der Waals surface area contributed by atoms with Crippen molar-refractivity contribution in [1.29, 1.82) is 0 Å². The Bertz CT molecular complexity index is 697. The van der Waals surface area contributed by atoms with Gasteiger partial charge in [0.2, 0.25) is 0 Å². The Hall–Kier alpha value is -2.07. The van der Waals surface area contributed by atoms with E-state index in [0.717, 1.165) is 21.2 Å². The first kappa shape index (κ1) is 13.9. The minimum absolute atomic E-state index is 0.101. The molecule has 0 radical (unpaired) electrons. The molecular formula is C17H15BrN2O. The molecule has 0 saturated carbocycles. The number of amides is 2. The molecule has 2 aromatic rings. The van der Waals surface area contributed by atoms with Gasteiger partial charge in [-0.05, 0) is 17.2 Å². The molecule has 21 heavy (non-hydrogen) atoms. The number of halogens is 1. The summed E-state index contributed by atoms with van der Waals surface area (Å²) in [5.41, 5.74) is 3.23. The number of benzene rings is 2. The van der Waals surface area contributed by atoms with Crippen LogP contribution in [-0.4, -0.2) is 18.0 Å². The number of rotatable bonds is 2. The van der Waals surface area contributed by atoms with Crippen molar-refractivity contribution in [2.24, 2.45) is 0 Å². The molecule has 3 rings (SSSR count). The van der Waals surface area contributed by atoms with Crippen LogP contribution in [0.1, 0.15) is 17.2 Å². The minimum atomic E-state index is -0.160. The number of hydrogen-bond donors (Lipinski definition) is 1. The zero-order chi connectivity index (χ0) is 14.8. The summed E-state index contributed by atoms with van der Waals surface area (Å²) in [6.07, 6.45) is 1.90. The van der Waals surface area contributed by atoms with Gasteiger partial charge in [-0.15, -0.1) is 0 Å². The van der Waals surface area contributed by atoms with Crippen LogP contribution in [0.5, 0.6) is 0 Å². The van der Waals surface area contributed by atoms with E-state index in [1.54, 1.807) is 11.9 Å². The Kier molecular flexibility index (Phi) is 3.80. The molecule has 106 valence electrons.